The van der Waals surface area contributed by atoms with E-state index in [1.165, 1.54) is 16.5 Å². The molecule has 3 nitrogen and oxygen atoms in total. The van der Waals surface area contributed by atoms with Gasteiger partial charge in [-0.05, 0) is 36.1 Å². The molecule has 0 atom stereocenters. The fourth-order valence-electron chi connectivity index (χ4n) is 3.16. The number of carbonyl (C=O) groups excluding carboxylic acids is 1. The standard InChI is InChI=1S/C18H16N2O/c21-18-7-3-4-13-10-20(12-16(13)18)11-14-8-9-19-17-6-2-1-5-15(14)17/h1-2,5-6,8-10,12H,3-4,7,11H2. The normalized spacial score (nSPS) is 14.4. The maximum absolute atomic E-state index is 11.9. The van der Waals surface area contributed by atoms with E-state index < -0.39 is 0 Å². The summed E-state index contributed by atoms with van der Waals surface area (Å²) in [5.74, 6) is 0.287. The summed E-state index contributed by atoms with van der Waals surface area (Å²) in [4.78, 5) is 16.3. The van der Waals surface area contributed by atoms with Crippen LogP contribution in [0, 0.1) is 0 Å². The van der Waals surface area contributed by atoms with Crippen LogP contribution in [0.2, 0.25) is 0 Å². The predicted molar refractivity (Wildman–Crippen MR) is 82.5 cm³/mol. The molecule has 1 aromatic carbocycles. The lowest BCUT2D eigenvalue weighted by Gasteiger charge is -2.07. The van der Waals surface area contributed by atoms with Gasteiger partial charge in [0, 0.05) is 42.5 Å². The summed E-state index contributed by atoms with van der Waals surface area (Å²) in [6, 6.07) is 10.2. The lowest BCUT2D eigenvalue weighted by Crippen LogP contribution is -2.07. The highest BCUT2D eigenvalue weighted by atomic mass is 16.1. The van der Waals surface area contributed by atoms with Crippen LogP contribution in [-0.4, -0.2) is 15.3 Å². The van der Waals surface area contributed by atoms with Gasteiger partial charge in [0.1, 0.15) is 0 Å². The third-order valence-electron chi connectivity index (χ3n) is 4.21. The first kappa shape index (κ1) is 12.3. The first-order chi connectivity index (χ1) is 10.3. The number of aromatic nitrogens is 2. The maximum atomic E-state index is 11.9. The van der Waals surface area contributed by atoms with Crippen molar-refractivity contribution in [2.75, 3.05) is 0 Å². The predicted octanol–water partition coefficient (Wildman–Crippen LogP) is 3.60. The number of carbonyl (C=O) groups is 1. The van der Waals surface area contributed by atoms with Gasteiger partial charge >= 0.3 is 0 Å². The molecule has 1 aliphatic carbocycles. The second-order valence-electron chi connectivity index (χ2n) is 5.63. The lowest BCUT2D eigenvalue weighted by molar-refractivity contribution is 0.0973. The molecule has 2 aromatic heterocycles. The molecule has 0 saturated carbocycles. The molecule has 3 heteroatoms. The summed E-state index contributed by atoms with van der Waals surface area (Å²) in [6.07, 6.45) is 8.67. The van der Waals surface area contributed by atoms with E-state index >= 15 is 0 Å². The van der Waals surface area contributed by atoms with Crippen LogP contribution in [0.4, 0.5) is 0 Å². The third kappa shape index (κ3) is 2.15. The minimum atomic E-state index is 0.287. The van der Waals surface area contributed by atoms with Gasteiger partial charge in [0.25, 0.3) is 0 Å². The maximum Gasteiger partial charge on any atom is 0.164 e. The SMILES string of the molecule is O=C1CCCc2cn(Cc3ccnc4ccccc34)cc21. The molecule has 2 heterocycles. The molecule has 0 bridgehead atoms. The van der Waals surface area contributed by atoms with Crippen molar-refractivity contribution in [3.05, 3.63) is 65.6 Å². The molecule has 3 aromatic rings. The molecule has 4 rings (SSSR count). The number of Topliss-reactive ketones (excluding diaryl/α,β-unsaturated/α-hetero) is 1. The highest BCUT2D eigenvalue weighted by Gasteiger charge is 2.19. The molecule has 0 amide bonds. The second-order valence-corrected chi connectivity index (χ2v) is 5.63. The van der Waals surface area contributed by atoms with E-state index in [2.05, 4.69) is 27.9 Å². The molecule has 104 valence electrons. The molecule has 0 spiro atoms. The van der Waals surface area contributed by atoms with E-state index in [1.807, 2.05) is 30.6 Å². The highest BCUT2D eigenvalue weighted by molar-refractivity contribution is 5.98. The number of aryl methyl sites for hydroxylation is 1. The van der Waals surface area contributed by atoms with Gasteiger partial charge in [0.2, 0.25) is 0 Å². The van der Waals surface area contributed by atoms with E-state index in [-0.39, 0.29) is 5.78 Å². The van der Waals surface area contributed by atoms with Crippen LogP contribution >= 0.6 is 0 Å². The van der Waals surface area contributed by atoms with E-state index in [0.717, 1.165) is 30.5 Å². The first-order valence-corrected chi connectivity index (χ1v) is 7.36. The molecule has 21 heavy (non-hydrogen) atoms. The average Bonchev–Trinajstić information content (AvgIpc) is 2.92. The fraction of sp³-hybridized carbons (Fsp3) is 0.222. The Morgan fingerprint density at radius 2 is 2.00 bits per heavy atom. The Kier molecular flexibility index (Phi) is 2.85. The van der Waals surface area contributed by atoms with Crippen molar-refractivity contribution < 1.29 is 4.79 Å². The molecule has 0 radical (unpaired) electrons. The van der Waals surface area contributed by atoms with E-state index in [0.29, 0.717) is 6.42 Å². The van der Waals surface area contributed by atoms with Crippen LogP contribution in [0.25, 0.3) is 10.9 Å². The zero-order valence-corrected chi connectivity index (χ0v) is 11.7. The molecule has 0 N–H and O–H groups in total. The number of nitrogens with zero attached hydrogens (tertiary/aromatic N) is 2. The number of hydrogen-bond acceptors (Lipinski definition) is 2. The van der Waals surface area contributed by atoms with Crippen LogP contribution in [0.1, 0.15) is 34.3 Å². The Labute approximate surface area is 123 Å². The van der Waals surface area contributed by atoms with Gasteiger partial charge in [-0.15, -0.1) is 0 Å². The smallest absolute Gasteiger partial charge is 0.164 e. The molecule has 0 aliphatic heterocycles. The van der Waals surface area contributed by atoms with E-state index in [9.17, 15) is 4.79 Å². The van der Waals surface area contributed by atoms with Crippen molar-refractivity contribution in [3.63, 3.8) is 0 Å². The van der Waals surface area contributed by atoms with E-state index in [4.69, 9.17) is 0 Å². The Morgan fingerprint density at radius 3 is 2.90 bits per heavy atom. The van der Waals surface area contributed by atoms with Gasteiger partial charge < -0.3 is 4.57 Å². The second kappa shape index (κ2) is 4.85. The zero-order chi connectivity index (χ0) is 14.2. The van der Waals surface area contributed by atoms with Gasteiger partial charge in [-0.3, -0.25) is 9.78 Å². The van der Waals surface area contributed by atoms with Crippen molar-refractivity contribution >= 4 is 16.7 Å². The van der Waals surface area contributed by atoms with Crippen molar-refractivity contribution in [3.8, 4) is 0 Å². The Bertz CT molecular complexity index is 827. The summed E-state index contributed by atoms with van der Waals surface area (Å²) in [7, 11) is 0. The largest absolute Gasteiger partial charge is 0.349 e. The summed E-state index contributed by atoms with van der Waals surface area (Å²) in [5.41, 5.74) is 4.37. The van der Waals surface area contributed by atoms with Crippen LogP contribution in [-0.2, 0) is 13.0 Å². The van der Waals surface area contributed by atoms with Gasteiger partial charge in [-0.25, -0.2) is 0 Å². The number of benzene rings is 1. The van der Waals surface area contributed by atoms with Crippen molar-refractivity contribution in [2.45, 2.75) is 25.8 Å². The number of rotatable bonds is 2. The van der Waals surface area contributed by atoms with E-state index in [1.54, 1.807) is 0 Å². The summed E-state index contributed by atoms with van der Waals surface area (Å²) in [6.45, 7) is 0.781. The van der Waals surface area contributed by atoms with Gasteiger partial charge in [0.15, 0.2) is 5.78 Å². The lowest BCUT2D eigenvalue weighted by atomic mass is 9.95. The summed E-state index contributed by atoms with van der Waals surface area (Å²) >= 11 is 0. The molecular formula is C18H16N2O. The van der Waals surface area contributed by atoms with Crippen LogP contribution < -0.4 is 0 Å². The zero-order valence-electron chi connectivity index (χ0n) is 11.7. The van der Waals surface area contributed by atoms with Crippen LogP contribution in [0.5, 0.6) is 0 Å². The van der Waals surface area contributed by atoms with Crippen LogP contribution in [0.3, 0.4) is 0 Å². The molecular weight excluding hydrogens is 260 g/mol. The van der Waals surface area contributed by atoms with Gasteiger partial charge in [-0.1, -0.05) is 18.2 Å². The average molecular weight is 276 g/mol. The molecule has 0 saturated heterocycles. The van der Waals surface area contributed by atoms with Crippen molar-refractivity contribution in [1.29, 1.82) is 0 Å². The number of ketones is 1. The number of para-hydroxylation sites is 1. The molecule has 0 unspecified atom stereocenters. The van der Waals surface area contributed by atoms with Gasteiger partial charge in [0.05, 0.1) is 5.52 Å². The number of pyridine rings is 1. The van der Waals surface area contributed by atoms with Crippen LogP contribution in [0.15, 0.2) is 48.9 Å². The Morgan fingerprint density at radius 1 is 1.10 bits per heavy atom. The topological polar surface area (TPSA) is 34.9 Å². The van der Waals surface area contributed by atoms with Crippen molar-refractivity contribution in [2.24, 2.45) is 0 Å². The van der Waals surface area contributed by atoms with Crippen molar-refractivity contribution in [1.82, 2.24) is 9.55 Å². The highest BCUT2D eigenvalue weighted by Crippen LogP contribution is 2.24. The fourth-order valence-corrected chi connectivity index (χ4v) is 3.16. The Balaban J connectivity index is 1.74. The summed E-state index contributed by atoms with van der Waals surface area (Å²) < 4.78 is 2.13. The number of fused-ring (bicyclic) bond motifs is 2. The van der Waals surface area contributed by atoms with Gasteiger partial charge in [-0.2, -0.15) is 0 Å². The molecule has 1 aliphatic rings. The number of hydrogen-bond donors (Lipinski definition) is 0. The monoisotopic (exact) mass is 276 g/mol. The first-order valence-electron chi connectivity index (χ1n) is 7.36. The quantitative estimate of drug-likeness (QED) is 0.716. The minimum Gasteiger partial charge on any atom is -0.349 e. The molecule has 0 fully saturated rings. The Hall–Kier alpha value is -2.42. The third-order valence-corrected chi connectivity index (χ3v) is 4.21. The summed E-state index contributed by atoms with van der Waals surface area (Å²) in [5, 5.41) is 1.18. The minimum absolute atomic E-state index is 0.287.